The monoisotopic (exact) mass is 425 g/mol. The highest BCUT2D eigenvalue weighted by molar-refractivity contribution is 8.13. The maximum absolute atomic E-state index is 14.9. The quantitative estimate of drug-likeness (QED) is 0.574. The number of carbonyl (C=O) groups is 1. The number of fused-ring (bicyclic) bond motifs is 1. The average molecular weight is 425 g/mol. The van der Waals surface area contributed by atoms with Crippen molar-refractivity contribution < 1.29 is 24.0 Å². The fourth-order valence-corrected chi connectivity index (χ4v) is 5.49. The molecule has 3 unspecified atom stereocenters. The smallest absolute Gasteiger partial charge is 0.413 e. The zero-order valence-electron chi connectivity index (χ0n) is 16.7. The molecule has 2 aliphatic heterocycles. The average Bonchev–Trinajstić information content (AvgIpc) is 2.99. The Kier molecular flexibility index (Phi) is 5.61. The fourth-order valence-electron chi connectivity index (χ4n) is 3.96. The molecule has 0 spiro atoms. The molecular weight excluding hydrogens is 401 g/mol. The van der Waals surface area contributed by atoms with Crippen molar-refractivity contribution in [1.29, 1.82) is 0 Å². The fraction of sp³-hybridized carbons (Fsp3) is 0.579. The minimum absolute atomic E-state index is 0.0376. The molecular formula is C19H24FN3O5S. The highest BCUT2D eigenvalue weighted by atomic mass is 32.2. The molecule has 0 radical (unpaired) electrons. The molecule has 3 rings (SSSR count). The summed E-state index contributed by atoms with van der Waals surface area (Å²) in [6, 6.07) is 3.37. The van der Waals surface area contributed by atoms with Gasteiger partial charge < -0.3 is 9.84 Å². The van der Waals surface area contributed by atoms with E-state index in [9.17, 15) is 24.4 Å². The van der Waals surface area contributed by atoms with E-state index in [1.807, 2.05) is 6.92 Å². The van der Waals surface area contributed by atoms with E-state index in [-0.39, 0.29) is 35.0 Å². The molecule has 0 aromatic heterocycles. The third-order valence-electron chi connectivity index (χ3n) is 5.35. The number of amides is 1. The Morgan fingerprint density at radius 2 is 2.21 bits per heavy atom. The highest BCUT2D eigenvalue weighted by Crippen LogP contribution is 2.50. The predicted octanol–water partition coefficient (Wildman–Crippen LogP) is 4.24. The van der Waals surface area contributed by atoms with Crippen LogP contribution in [-0.2, 0) is 10.3 Å². The van der Waals surface area contributed by atoms with Crippen LogP contribution in [0.15, 0.2) is 23.2 Å². The molecule has 0 saturated carbocycles. The van der Waals surface area contributed by atoms with Crippen LogP contribution in [0.2, 0.25) is 0 Å². The van der Waals surface area contributed by atoms with Crippen molar-refractivity contribution in [2.24, 2.45) is 10.9 Å². The maximum atomic E-state index is 14.9. The van der Waals surface area contributed by atoms with Gasteiger partial charge in [0.2, 0.25) is 0 Å². The minimum Gasteiger partial charge on any atom is -0.465 e. The number of nitro benzene ring substituents is 1. The summed E-state index contributed by atoms with van der Waals surface area (Å²) in [5, 5.41) is 21.3. The molecule has 8 nitrogen and oxygen atoms in total. The number of benzene rings is 1. The molecule has 0 aliphatic carbocycles. The van der Waals surface area contributed by atoms with Crippen LogP contribution in [0.25, 0.3) is 0 Å². The SMILES string of the molecule is CCC1OCC2(c3cc([N+](=O)[O-])ccc3F)N=C(N(C(=O)O)C(C)(C)C)SCC12. The highest BCUT2D eigenvalue weighted by Gasteiger charge is 2.55. The lowest BCUT2D eigenvalue weighted by atomic mass is 9.78. The summed E-state index contributed by atoms with van der Waals surface area (Å²) in [6.07, 6.45) is -0.682. The Hall–Kier alpha value is -2.20. The van der Waals surface area contributed by atoms with Gasteiger partial charge in [-0.15, -0.1) is 0 Å². The first-order valence-corrected chi connectivity index (χ1v) is 10.3. The predicted molar refractivity (Wildman–Crippen MR) is 108 cm³/mol. The number of ether oxygens (including phenoxy) is 1. The molecule has 1 aromatic carbocycles. The molecule has 1 fully saturated rings. The second-order valence-electron chi connectivity index (χ2n) is 8.20. The number of nitro groups is 1. The Labute approximate surface area is 172 Å². The summed E-state index contributed by atoms with van der Waals surface area (Å²) in [5.74, 6) is -0.374. The van der Waals surface area contributed by atoms with Crippen LogP contribution in [0.3, 0.4) is 0 Å². The van der Waals surface area contributed by atoms with E-state index in [0.717, 1.165) is 17.0 Å². The van der Waals surface area contributed by atoms with Gasteiger partial charge in [0.1, 0.15) is 11.4 Å². The molecule has 1 N–H and O–H groups in total. The number of non-ortho nitro benzene ring substituents is 1. The van der Waals surface area contributed by atoms with Crippen molar-refractivity contribution in [3.63, 3.8) is 0 Å². The maximum Gasteiger partial charge on any atom is 0.413 e. The van der Waals surface area contributed by atoms with E-state index in [1.54, 1.807) is 20.8 Å². The lowest BCUT2D eigenvalue weighted by Gasteiger charge is -2.41. The topological polar surface area (TPSA) is 105 Å². The first-order valence-electron chi connectivity index (χ1n) is 9.33. The summed E-state index contributed by atoms with van der Waals surface area (Å²) < 4.78 is 20.8. The van der Waals surface area contributed by atoms with Crippen molar-refractivity contribution in [3.05, 3.63) is 39.7 Å². The number of hydrogen-bond acceptors (Lipinski definition) is 6. The molecule has 158 valence electrons. The Bertz CT molecular complexity index is 872. The number of aliphatic imine (C=N–C) groups is 1. The summed E-state index contributed by atoms with van der Waals surface area (Å²) in [5.41, 5.74) is -2.15. The van der Waals surface area contributed by atoms with Crippen molar-refractivity contribution in [3.8, 4) is 0 Å². The van der Waals surface area contributed by atoms with Gasteiger partial charge in [-0.1, -0.05) is 18.7 Å². The van der Waals surface area contributed by atoms with Gasteiger partial charge in [0, 0.05) is 34.9 Å². The van der Waals surface area contributed by atoms with E-state index in [1.165, 1.54) is 17.8 Å². The molecule has 1 saturated heterocycles. The van der Waals surface area contributed by atoms with Crippen molar-refractivity contribution in [1.82, 2.24) is 4.90 Å². The lowest BCUT2D eigenvalue weighted by Crippen LogP contribution is -2.51. The van der Waals surface area contributed by atoms with E-state index >= 15 is 0 Å². The van der Waals surface area contributed by atoms with Crippen molar-refractivity contribution >= 4 is 28.7 Å². The zero-order valence-corrected chi connectivity index (χ0v) is 17.5. The number of thioether (sulfide) groups is 1. The van der Waals surface area contributed by atoms with Crippen LogP contribution in [0.1, 0.15) is 39.7 Å². The van der Waals surface area contributed by atoms with Crippen LogP contribution in [0.4, 0.5) is 14.9 Å². The number of halogens is 1. The van der Waals surface area contributed by atoms with Gasteiger partial charge in [0.05, 0.1) is 17.6 Å². The van der Waals surface area contributed by atoms with Gasteiger partial charge in [-0.25, -0.2) is 14.2 Å². The molecule has 1 aromatic rings. The first kappa shape index (κ1) is 21.5. The van der Waals surface area contributed by atoms with Crippen molar-refractivity contribution in [2.75, 3.05) is 12.4 Å². The zero-order chi connectivity index (χ0) is 21.6. The van der Waals surface area contributed by atoms with Crippen LogP contribution in [-0.4, -0.2) is 50.2 Å². The minimum atomic E-state index is -1.21. The van der Waals surface area contributed by atoms with Crippen LogP contribution in [0, 0.1) is 21.8 Å². The molecule has 2 heterocycles. The molecule has 1 amide bonds. The summed E-state index contributed by atoms with van der Waals surface area (Å²) in [4.78, 5) is 28.5. The molecule has 3 atom stereocenters. The van der Waals surface area contributed by atoms with E-state index in [0.29, 0.717) is 12.2 Å². The molecule has 0 bridgehead atoms. The molecule has 2 aliphatic rings. The lowest BCUT2D eigenvalue weighted by molar-refractivity contribution is -0.385. The van der Waals surface area contributed by atoms with Gasteiger partial charge in [-0.2, -0.15) is 0 Å². The third kappa shape index (κ3) is 3.71. The second-order valence-corrected chi connectivity index (χ2v) is 9.19. The van der Waals surface area contributed by atoms with Crippen molar-refractivity contribution in [2.45, 2.75) is 51.3 Å². The first-order chi connectivity index (χ1) is 13.5. The van der Waals surface area contributed by atoms with Gasteiger partial charge in [-0.3, -0.25) is 15.0 Å². The van der Waals surface area contributed by atoms with Gasteiger partial charge >= 0.3 is 6.09 Å². The normalized spacial score (nSPS) is 26.6. The van der Waals surface area contributed by atoms with E-state index < -0.39 is 27.9 Å². The summed E-state index contributed by atoms with van der Waals surface area (Å²) >= 11 is 1.29. The molecule has 29 heavy (non-hydrogen) atoms. The van der Waals surface area contributed by atoms with Crippen LogP contribution < -0.4 is 0 Å². The summed E-state index contributed by atoms with van der Waals surface area (Å²) in [7, 11) is 0. The number of amidine groups is 1. The second kappa shape index (κ2) is 7.56. The van der Waals surface area contributed by atoms with Gasteiger partial charge in [0.25, 0.3) is 5.69 Å². The number of hydrogen-bond donors (Lipinski definition) is 1. The third-order valence-corrected chi connectivity index (χ3v) is 6.41. The largest absolute Gasteiger partial charge is 0.465 e. The number of rotatable bonds is 3. The standard InChI is InChI=1S/C19H24FN3O5S/c1-5-15-13-9-29-16(22(17(24)25)18(2,3)4)21-19(13,10-28-15)12-8-11(23(26)27)6-7-14(12)20/h6-8,13,15H,5,9-10H2,1-4H3,(H,24,25). The van der Waals surface area contributed by atoms with Gasteiger partial charge in [-0.05, 0) is 33.3 Å². The number of nitrogens with zero attached hydrogens (tertiary/aromatic N) is 3. The summed E-state index contributed by atoms with van der Waals surface area (Å²) in [6.45, 7) is 7.23. The van der Waals surface area contributed by atoms with Gasteiger partial charge in [0.15, 0.2) is 5.17 Å². The van der Waals surface area contributed by atoms with Crippen LogP contribution in [0.5, 0.6) is 0 Å². The number of carboxylic acid groups (broad SMARTS) is 1. The van der Waals surface area contributed by atoms with Crippen LogP contribution >= 0.6 is 11.8 Å². The Morgan fingerprint density at radius 3 is 2.76 bits per heavy atom. The van der Waals surface area contributed by atoms with E-state index in [2.05, 4.69) is 0 Å². The Balaban J connectivity index is 2.22. The van der Waals surface area contributed by atoms with E-state index in [4.69, 9.17) is 9.73 Å². The molecule has 10 heteroatoms. The Morgan fingerprint density at radius 1 is 1.52 bits per heavy atom.